The Bertz CT molecular complexity index is 1170. The Morgan fingerprint density at radius 2 is 1.88 bits per heavy atom. The number of nitrogens with one attached hydrogen (secondary N) is 1. The lowest BCUT2D eigenvalue weighted by molar-refractivity contribution is -0.0757. The number of hydrogen-bond acceptors (Lipinski definition) is 5. The molecule has 0 fully saturated rings. The normalized spacial score (nSPS) is 13.8. The molecule has 0 aliphatic carbocycles. The predicted molar refractivity (Wildman–Crippen MR) is 128 cm³/mol. The molecule has 34 heavy (non-hydrogen) atoms. The molecule has 6 nitrogen and oxygen atoms in total. The molecule has 2 heterocycles. The van der Waals surface area contributed by atoms with Gasteiger partial charge in [-0.3, -0.25) is 14.4 Å². The van der Waals surface area contributed by atoms with Gasteiger partial charge in [-0.25, -0.2) is 9.45 Å². The van der Waals surface area contributed by atoms with E-state index in [2.05, 4.69) is 5.32 Å². The standard InChI is InChI=1S/C26H27FN2O4S/c1-16(18-6-8-19(9-7-18)26(31)29(2)32-3)28-25(30)24-21-12-13-33-15-23(21)34-22(24)14-17-4-10-20(27)11-5-17/h4-11,16H,12-15H2,1-3H3,(H,28,30). The molecule has 2 aromatic carbocycles. The summed E-state index contributed by atoms with van der Waals surface area (Å²) >= 11 is 1.59. The second kappa shape index (κ2) is 10.5. The Balaban J connectivity index is 1.54. The van der Waals surface area contributed by atoms with E-state index in [4.69, 9.17) is 9.57 Å². The molecule has 1 unspecified atom stereocenters. The van der Waals surface area contributed by atoms with Crippen molar-refractivity contribution in [2.45, 2.75) is 32.4 Å². The molecule has 1 N–H and O–H groups in total. The Kier molecular flexibility index (Phi) is 7.41. The minimum Gasteiger partial charge on any atom is -0.376 e. The van der Waals surface area contributed by atoms with E-state index in [9.17, 15) is 14.0 Å². The summed E-state index contributed by atoms with van der Waals surface area (Å²) in [5, 5.41) is 4.27. The molecule has 8 heteroatoms. The summed E-state index contributed by atoms with van der Waals surface area (Å²) in [6.45, 7) is 3.00. The number of amides is 2. The first-order chi connectivity index (χ1) is 16.4. The SMILES string of the molecule is CON(C)C(=O)c1ccc(C(C)NC(=O)c2c(Cc3ccc(F)cc3)sc3c2CCOC3)cc1. The fourth-order valence-corrected chi connectivity index (χ4v) is 5.32. The van der Waals surface area contributed by atoms with E-state index < -0.39 is 0 Å². The molecule has 1 aliphatic heterocycles. The molecule has 1 aliphatic rings. The number of thiophene rings is 1. The first-order valence-electron chi connectivity index (χ1n) is 11.1. The number of nitrogens with zero attached hydrogens (tertiary/aromatic N) is 1. The number of hydroxylamine groups is 2. The van der Waals surface area contributed by atoms with E-state index in [0.29, 0.717) is 37.2 Å². The summed E-state index contributed by atoms with van der Waals surface area (Å²) in [7, 11) is 2.98. The molecule has 0 bridgehead atoms. The van der Waals surface area contributed by atoms with Gasteiger partial charge in [0.05, 0.1) is 31.9 Å². The third kappa shape index (κ3) is 5.19. The maximum atomic E-state index is 13.4. The number of rotatable bonds is 7. The zero-order chi connectivity index (χ0) is 24.2. The lowest BCUT2D eigenvalue weighted by atomic mass is 9.99. The quantitative estimate of drug-likeness (QED) is 0.497. The third-order valence-electron chi connectivity index (χ3n) is 5.96. The van der Waals surface area contributed by atoms with E-state index in [1.54, 1.807) is 42.6 Å². The first kappa shape index (κ1) is 24.1. The van der Waals surface area contributed by atoms with Crippen molar-refractivity contribution in [2.75, 3.05) is 20.8 Å². The van der Waals surface area contributed by atoms with E-state index in [1.165, 1.54) is 19.2 Å². The number of fused-ring (bicyclic) bond motifs is 1. The number of ether oxygens (including phenoxy) is 1. The topological polar surface area (TPSA) is 67.9 Å². The fraction of sp³-hybridized carbons (Fsp3) is 0.308. The van der Waals surface area contributed by atoms with E-state index >= 15 is 0 Å². The largest absolute Gasteiger partial charge is 0.376 e. The van der Waals surface area contributed by atoms with Crippen LogP contribution in [0, 0.1) is 5.82 Å². The maximum Gasteiger partial charge on any atom is 0.277 e. The van der Waals surface area contributed by atoms with Crippen molar-refractivity contribution >= 4 is 23.2 Å². The van der Waals surface area contributed by atoms with Crippen LogP contribution in [-0.4, -0.2) is 37.6 Å². The van der Waals surface area contributed by atoms with Crippen LogP contribution in [0.3, 0.4) is 0 Å². The van der Waals surface area contributed by atoms with Crippen molar-refractivity contribution in [3.8, 4) is 0 Å². The van der Waals surface area contributed by atoms with Gasteiger partial charge in [0.1, 0.15) is 5.82 Å². The second-order valence-electron chi connectivity index (χ2n) is 8.21. The van der Waals surface area contributed by atoms with Crippen LogP contribution in [0.4, 0.5) is 4.39 Å². The Morgan fingerprint density at radius 1 is 1.18 bits per heavy atom. The third-order valence-corrected chi connectivity index (χ3v) is 7.17. The zero-order valence-corrected chi connectivity index (χ0v) is 20.2. The summed E-state index contributed by atoms with van der Waals surface area (Å²) < 4.78 is 18.9. The predicted octanol–water partition coefficient (Wildman–Crippen LogP) is 4.68. The average Bonchev–Trinajstić information content (AvgIpc) is 3.22. The summed E-state index contributed by atoms with van der Waals surface area (Å²) in [6.07, 6.45) is 1.25. The van der Waals surface area contributed by atoms with Crippen LogP contribution in [0.25, 0.3) is 0 Å². The van der Waals surface area contributed by atoms with E-state index in [1.807, 2.05) is 19.1 Å². The molecule has 0 spiro atoms. The monoisotopic (exact) mass is 482 g/mol. The van der Waals surface area contributed by atoms with E-state index in [0.717, 1.165) is 31.5 Å². The van der Waals surface area contributed by atoms with Crippen molar-refractivity contribution in [1.29, 1.82) is 0 Å². The Hall–Kier alpha value is -3.07. The van der Waals surface area contributed by atoms with Gasteiger partial charge < -0.3 is 10.1 Å². The van der Waals surface area contributed by atoms with Crippen LogP contribution >= 0.6 is 11.3 Å². The van der Waals surface area contributed by atoms with Gasteiger partial charge in [0.2, 0.25) is 0 Å². The lowest BCUT2D eigenvalue weighted by Crippen LogP contribution is -2.29. The highest BCUT2D eigenvalue weighted by atomic mass is 32.1. The molecule has 2 amide bonds. The number of hydrogen-bond donors (Lipinski definition) is 1. The molecule has 0 saturated heterocycles. The van der Waals surface area contributed by atoms with Gasteiger partial charge in [-0.15, -0.1) is 11.3 Å². The van der Waals surface area contributed by atoms with E-state index in [-0.39, 0.29) is 23.7 Å². The molecule has 3 aromatic rings. The van der Waals surface area contributed by atoms with Gasteiger partial charge in [0.25, 0.3) is 11.8 Å². The highest BCUT2D eigenvalue weighted by Crippen LogP contribution is 2.34. The van der Waals surface area contributed by atoms with Crippen LogP contribution in [0.15, 0.2) is 48.5 Å². The van der Waals surface area contributed by atoms with Gasteiger partial charge in [0, 0.05) is 28.8 Å². The van der Waals surface area contributed by atoms with Gasteiger partial charge in [-0.05, 0) is 54.3 Å². The number of carbonyl (C=O) groups excluding carboxylic acids is 2. The Morgan fingerprint density at radius 3 is 2.56 bits per heavy atom. The highest BCUT2D eigenvalue weighted by molar-refractivity contribution is 7.12. The molecule has 1 atom stereocenters. The second-order valence-corrected chi connectivity index (χ2v) is 9.40. The molecule has 1 aromatic heterocycles. The molecule has 0 saturated carbocycles. The van der Waals surface area contributed by atoms with Crippen molar-refractivity contribution in [1.82, 2.24) is 10.4 Å². The molecular weight excluding hydrogens is 455 g/mol. The van der Waals surface area contributed by atoms with Crippen LogP contribution in [0.2, 0.25) is 0 Å². The van der Waals surface area contributed by atoms with Crippen molar-refractivity contribution in [3.05, 3.63) is 91.9 Å². The number of benzene rings is 2. The summed E-state index contributed by atoms with van der Waals surface area (Å²) in [5.41, 5.74) is 4.08. The van der Waals surface area contributed by atoms with Crippen LogP contribution in [0.5, 0.6) is 0 Å². The van der Waals surface area contributed by atoms with Crippen LogP contribution in [0.1, 0.15) is 60.1 Å². The smallest absolute Gasteiger partial charge is 0.277 e. The van der Waals surface area contributed by atoms with Gasteiger partial charge in [-0.2, -0.15) is 0 Å². The van der Waals surface area contributed by atoms with Crippen LogP contribution in [-0.2, 0) is 29.0 Å². The zero-order valence-electron chi connectivity index (χ0n) is 19.4. The molecule has 178 valence electrons. The minimum atomic E-state index is -0.281. The summed E-state index contributed by atoms with van der Waals surface area (Å²) in [4.78, 5) is 32.7. The van der Waals surface area contributed by atoms with Gasteiger partial charge in [-0.1, -0.05) is 24.3 Å². The fourth-order valence-electron chi connectivity index (χ4n) is 4.00. The Labute approximate surface area is 202 Å². The summed E-state index contributed by atoms with van der Waals surface area (Å²) in [5.74, 6) is -0.664. The molecule has 0 radical (unpaired) electrons. The van der Waals surface area contributed by atoms with Crippen molar-refractivity contribution in [2.24, 2.45) is 0 Å². The first-order valence-corrected chi connectivity index (χ1v) is 11.9. The average molecular weight is 483 g/mol. The maximum absolute atomic E-state index is 13.4. The number of halogens is 1. The molecular formula is C26H27FN2O4S. The molecule has 4 rings (SSSR count). The summed E-state index contributed by atoms with van der Waals surface area (Å²) in [6, 6.07) is 13.2. The van der Waals surface area contributed by atoms with Crippen molar-refractivity contribution < 1.29 is 23.6 Å². The van der Waals surface area contributed by atoms with Crippen molar-refractivity contribution in [3.63, 3.8) is 0 Å². The minimum absolute atomic E-state index is 0.136. The lowest BCUT2D eigenvalue weighted by Gasteiger charge is -2.18. The van der Waals surface area contributed by atoms with Crippen LogP contribution < -0.4 is 5.32 Å². The van der Waals surface area contributed by atoms with Gasteiger partial charge in [0.15, 0.2) is 0 Å². The van der Waals surface area contributed by atoms with Gasteiger partial charge >= 0.3 is 0 Å². The highest BCUT2D eigenvalue weighted by Gasteiger charge is 2.26. The number of carbonyl (C=O) groups is 2.